The molecule has 0 aliphatic heterocycles. The number of carbonyl (C=O) groups is 1. The van der Waals surface area contributed by atoms with Crippen molar-refractivity contribution >= 4 is 35.0 Å². The number of halogens is 1. The summed E-state index contributed by atoms with van der Waals surface area (Å²) in [5.74, 6) is 0.00591. The molecule has 0 aliphatic carbocycles. The van der Waals surface area contributed by atoms with Gasteiger partial charge in [0.25, 0.3) is 5.91 Å². The number of hydrogen-bond donors (Lipinski definition) is 1. The summed E-state index contributed by atoms with van der Waals surface area (Å²) in [7, 11) is 0. The lowest BCUT2D eigenvalue weighted by Crippen LogP contribution is -2.21. The molecule has 2 rings (SSSR count). The third-order valence-corrected chi connectivity index (χ3v) is 4.00. The third kappa shape index (κ3) is 5.65. The first kappa shape index (κ1) is 17.4. The molecule has 0 atom stereocenters. The van der Waals surface area contributed by atoms with Gasteiger partial charge in [0.05, 0.1) is 11.5 Å². The number of nitrogens with zero attached hydrogens (tertiary/aromatic N) is 3. The van der Waals surface area contributed by atoms with Gasteiger partial charge in [0.2, 0.25) is 0 Å². The van der Waals surface area contributed by atoms with Crippen molar-refractivity contribution < 1.29 is 4.79 Å². The van der Waals surface area contributed by atoms with Crippen molar-refractivity contribution in [1.82, 2.24) is 15.4 Å². The van der Waals surface area contributed by atoms with E-state index in [9.17, 15) is 4.79 Å². The number of benzene rings is 1. The van der Waals surface area contributed by atoms with Gasteiger partial charge in [-0.05, 0) is 44.5 Å². The second kappa shape index (κ2) is 8.08. The first-order chi connectivity index (χ1) is 10.9. The van der Waals surface area contributed by atoms with Crippen molar-refractivity contribution in [2.75, 3.05) is 5.75 Å². The minimum Gasteiger partial charge on any atom is -0.272 e. The van der Waals surface area contributed by atoms with E-state index >= 15 is 0 Å². The maximum absolute atomic E-state index is 11.9. The molecule has 1 aromatic carbocycles. The lowest BCUT2D eigenvalue weighted by atomic mass is 10.1. The number of rotatable bonds is 5. The van der Waals surface area contributed by atoms with Gasteiger partial charge in [-0.15, -0.1) is 0 Å². The number of thioether (sulfide) groups is 1. The van der Waals surface area contributed by atoms with Crippen LogP contribution in [0.2, 0.25) is 5.02 Å². The normalized spacial score (nSPS) is 11.4. The van der Waals surface area contributed by atoms with Crippen LogP contribution in [-0.4, -0.2) is 27.3 Å². The van der Waals surface area contributed by atoms with Crippen molar-refractivity contribution in [2.45, 2.75) is 25.9 Å². The van der Waals surface area contributed by atoms with Crippen molar-refractivity contribution in [1.29, 1.82) is 0 Å². The standard InChI is InChI=1S/C16H17ClN4OS/c1-10-8-11(2)19-16(18-10)23-9-15(22)21-20-12(3)13-4-6-14(17)7-5-13/h4-8H,9H2,1-3H3,(H,21,22)/b20-12-. The number of aryl methyl sites for hydroxylation is 2. The van der Waals surface area contributed by atoms with Crippen LogP contribution in [0.25, 0.3) is 0 Å². The Morgan fingerprint density at radius 3 is 2.43 bits per heavy atom. The van der Waals surface area contributed by atoms with E-state index in [1.54, 1.807) is 12.1 Å². The van der Waals surface area contributed by atoms with Gasteiger partial charge in [0.15, 0.2) is 5.16 Å². The Morgan fingerprint density at radius 2 is 1.83 bits per heavy atom. The predicted molar refractivity (Wildman–Crippen MR) is 94.0 cm³/mol. The topological polar surface area (TPSA) is 67.2 Å². The van der Waals surface area contributed by atoms with Crippen molar-refractivity contribution in [3.63, 3.8) is 0 Å². The van der Waals surface area contributed by atoms with Crippen LogP contribution in [0.5, 0.6) is 0 Å². The maximum atomic E-state index is 11.9. The summed E-state index contributed by atoms with van der Waals surface area (Å²) in [4.78, 5) is 20.4. The second-order valence-corrected chi connectivity index (χ2v) is 6.34. The average Bonchev–Trinajstić information content (AvgIpc) is 2.50. The largest absolute Gasteiger partial charge is 0.272 e. The molecule has 1 N–H and O–H groups in total. The van der Waals surface area contributed by atoms with Crippen molar-refractivity contribution in [3.05, 3.63) is 52.3 Å². The molecule has 0 fully saturated rings. The van der Waals surface area contributed by atoms with Crippen LogP contribution >= 0.6 is 23.4 Å². The highest BCUT2D eigenvalue weighted by molar-refractivity contribution is 7.99. The van der Waals surface area contributed by atoms with E-state index in [2.05, 4.69) is 20.5 Å². The number of hydrogen-bond acceptors (Lipinski definition) is 5. The molecule has 0 saturated heterocycles. The Balaban J connectivity index is 1.89. The molecule has 120 valence electrons. The zero-order chi connectivity index (χ0) is 16.8. The predicted octanol–water partition coefficient (Wildman–Crippen LogP) is 3.38. The van der Waals surface area contributed by atoms with Crippen LogP contribution in [0, 0.1) is 13.8 Å². The molecule has 1 amide bonds. The Kier molecular flexibility index (Phi) is 6.12. The number of hydrazone groups is 1. The molecular weight excluding hydrogens is 332 g/mol. The molecule has 1 aromatic heterocycles. The fraction of sp³-hybridized carbons (Fsp3) is 0.250. The van der Waals surface area contributed by atoms with E-state index in [4.69, 9.17) is 11.6 Å². The monoisotopic (exact) mass is 348 g/mol. The summed E-state index contributed by atoms with van der Waals surface area (Å²) in [5, 5.41) is 5.35. The molecule has 0 spiro atoms. The summed E-state index contributed by atoms with van der Waals surface area (Å²) in [6, 6.07) is 9.16. The third-order valence-electron chi connectivity index (χ3n) is 2.90. The molecular formula is C16H17ClN4OS. The summed E-state index contributed by atoms with van der Waals surface area (Å²) in [6.07, 6.45) is 0. The maximum Gasteiger partial charge on any atom is 0.250 e. The van der Waals surface area contributed by atoms with Crippen LogP contribution in [-0.2, 0) is 4.79 Å². The smallest absolute Gasteiger partial charge is 0.250 e. The fourth-order valence-corrected chi connectivity index (χ4v) is 2.69. The van der Waals surface area contributed by atoms with Crippen LogP contribution in [0.3, 0.4) is 0 Å². The Morgan fingerprint density at radius 1 is 1.22 bits per heavy atom. The Labute approximate surface area is 144 Å². The van der Waals surface area contributed by atoms with Gasteiger partial charge < -0.3 is 0 Å². The van der Waals surface area contributed by atoms with Crippen LogP contribution in [0.1, 0.15) is 23.9 Å². The molecule has 1 heterocycles. The van der Waals surface area contributed by atoms with Crippen LogP contribution in [0.15, 0.2) is 40.6 Å². The van der Waals surface area contributed by atoms with Gasteiger partial charge in [-0.3, -0.25) is 4.79 Å². The number of aromatic nitrogens is 2. The zero-order valence-electron chi connectivity index (χ0n) is 13.1. The van der Waals surface area contributed by atoms with Gasteiger partial charge in [0.1, 0.15) is 0 Å². The van der Waals surface area contributed by atoms with E-state index in [0.29, 0.717) is 15.9 Å². The van der Waals surface area contributed by atoms with Gasteiger partial charge >= 0.3 is 0 Å². The van der Waals surface area contributed by atoms with E-state index in [1.165, 1.54) is 11.8 Å². The SMILES string of the molecule is C/C(=N/NC(=O)CSc1nc(C)cc(C)n1)c1ccc(Cl)cc1. The number of nitrogens with one attached hydrogen (secondary N) is 1. The highest BCUT2D eigenvalue weighted by Crippen LogP contribution is 2.13. The molecule has 0 unspecified atom stereocenters. The molecule has 0 bridgehead atoms. The zero-order valence-corrected chi connectivity index (χ0v) is 14.7. The summed E-state index contributed by atoms with van der Waals surface area (Å²) >= 11 is 7.13. The highest BCUT2D eigenvalue weighted by atomic mass is 35.5. The van der Waals surface area contributed by atoms with Gasteiger partial charge in [-0.2, -0.15) is 5.10 Å². The lowest BCUT2D eigenvalue weighted by molar-refractivity contribution is -0.118. The first-order valence-corrected chi connectivity index (χ1v) is 8.34. The van der Waals surface area contributed by atoms with Gasteiger partial charge in [-0.1, -0.05) is 35.5 Å². The quantitative estimate of drug-likeness (QED) is 0.389. The molecule has 0 saturated carbocycles. The molecule has 5 nitrogen and oxygen atoms in total. The van der Waals surface area contributed by atoms with E-state index in [1.807, 2.05) is 39.0 Å². The van der Waals surface area contributed by atoms with Gasteiger partial charge in [0, 0.05) is 16.4 Å². The Bertz CT molecular complexity index is 711. The summed E-state index contributed by atoms with van der Waals surface area (Å²) < 4.78 is 0. The molecule has 7 heteroatoms. The molecule has 2 aromatic rings. The molecule has 0 aliphatic rings. The Hall–Kier alpha value is -1.92. The molecule has 23 heavy (non-hydrogen) atoms. The summed E-state index contributed by atoms with van der Waals surface area (Å²) in [6.45, 7) is 5.63. The van der Waals surface area contributed by atoms with Crippen LogP contribution in [0.4, 0.5) is 0 Å². The minimum atomic E-state index is -0.203. The van der Waals surface area contributed by atoms with Gasteiger partial charge in [-0.25, -0.2) is 15.4 Å². The van der Waals surface area contributed by atoms with Crippen LogP contribution < -0.4 is 5.43 Å². The minimum absolute atomic E-state index is 0.203. The fourth-order valence-electron chi connectivity index (χ4n) is 1.82. The molecule has 0 radical (unpaired) electrons. The van der Waals surface area contributed by atoms with Crippen molar-refractivity contribution in [2.24, 2.45) is 5.10 Å². The first-order valence-electron chi connectivity index (χ1n) is 6.98. The summed E-state index contributed by atoms with van der Waals surface area (Å²) in [5.41, 5.74) is 5.92. The average molecular weight is 349 g/mol. The number of amides is 1. The highest BCUT2D eigenvalue weighted by Gasteiger charge is 2.06. The van der Waals surface area contributed by atoms with E-state index in [0.717, 1.165) is 17.0 Å². The van der Waals surface area contributed by atoms with E-state index < -0.39 is 0 Å². The number of carbonyl (C=O) groups excluding carboxylic acids is 1. The lowest BCUT2D eigenvalue weighted by Gasteiger charge is -2.04. The van der Waals surface area contributed by atoms with E-state index in [-0.39, 0.29) is 11.7 Å². The second-order valence-electron chi connectivity index (χ2n) is 4.96. The van der Waals surface area contributed by atoms with Crippen molar-refractivity contribution in [3.8, 4) is 0 Å².